The highest BCUT2D eigenvalue weighted by Gasteiger charge is 2.20. The maximum atomic E-state index is 14.3. The molecule has 0 atom stereocenters. The van der Waals surface area contributed by atoms with Gasteiger partial charge in [0.2, 0.25) is 9.84 Å². The first-order chi connectivity index (χ1) is 14.3. The highest BCUT2D eigenvalue weighted by atomic mass is 32.2. The summed E-state index contributed by atoms with van der Waals surface area (Å²) in [6.07, 6.45) is 1.38. The molecule has 0 saturated carbocycles. The number of rotatable bonds is 7. The van der Waals surface area contributed by atoms with Gasteiger partial charge in [-0.1, -0.05) is 26.0 Å². The first kappa shape index (κ1) is 21.4. The van der Waals surface area contributed by atoms with Gasteiger partial charge in [-0.2, -0.15) is 0 Å². The van der Waals surface area contributed by atoms with Crippen LogP contribution >= 0.6 is 0 Å². The number of halogens is 1. The number of amides is 1. The summed E-state index contributed by atoms with van der Waals surface area (Å²) in [5, 5.41) is 2.34. The number of hydrogen-bond donors (Lipinski definition) is 1. The van der Waals surface area contributed by atoms with Crippen molar-refractivity contribution in [1.29, 1.82) is 0 Å². The van der Waals surface area contributed by atoms with Crippen LogP contribution in [0.2, 0.25) is 0 Å². The number of nitrogens with zero attached hydrogens (tertiary/aromatic N) is 1. The van der Waals surface area contributed by atoms with Crippen molar-refractivity contribution in [1.82, 2.24) is 4.98 Å². The van der Waals surface area contributed by atoms with Crippen molar-refractivity contribution in [2.45, 2.75) is 23.8 Å². The van der Waals surface area contributed by atoms with Gasteiger partial charge in [0, 0.05) is 17.8 Å². The Labute approximate surface area is 174 Å². The Bertz CT molecular complexity index is 1150. The van der Waals surface area contributed by atoms with Crippen LogP contribution < -0.4 is 10.1 Å². The molecule has 0 unspecified atom stereocenters. The molecule has 6 nitrogen and oxygen atoms in total. The molecule has 1 heterocycles. The molecule has 0 fully saturated rings. The molecule has 2 aromatic carbocycles. The Morgan fingerprint density at radius 3 is 2.57 bits per heavy atom. The molecule has 3 aromatic rings. The van der Waals surface area contributed by atoms with Crippen molar-refractivity contribution >= 4 is 21.4 Å². The molecule has 1 N–H and O–H groups in total. The van der Waals surface area contributed by atoms with Gasteiger partial charge in [0.1, 0.15) is 11.6 Å². The van der Waals surface area contributed by atoms with Gasteiger partial charge in [0.25, 0.3) is 5.91 Å². The third kappa shape index (κ3) is 5.01. The second-order valence-corrected chi connectivity index (χ2v) is 8.90. The molecular weight excluding hydrogens is 407 g/mol. The molecule has 0 aliphatic rings. The van der Waals surface area contributed by atoms with Crippen molar-refractivity contribution in [2.24, 2.45) is 5.92 Å². The van der Waals surface area contributed by atoms with E-state index in [4.69, 9.17) is 4.74 Å². The van der Waals surface area contributed by atoms with Gasteiger partial charge in [-0.3, -0.25) is 4.79 Å². The first-order valence-corrected chi connectivity index (χ1v) is 10.8. The van der Waals surface area contributed by atoms with Crippen LogP contribution in [0, 0.1) is 11.7 Å². The summed E-state index contributed by atoms with van der Waals surface area (Å²) in [4.78, 5) is 16.4. The van der Waals surface area contributed by atoms with Crippen LogP contribution in [-0.4, -0.2) is 25.9 Å². The minimum atomic E-state index is -3.88. The summed E-state index contributed by atoms with van der Waals surface area (Å²) in [7, 11) is -3.88. The van der Waals surface area contributed by atoms with Crippen LogP contribution in [0.15, 0.2) is 76.8 Å². The van der Waals surface area contributed by atoms with E-state index in [2.05, 4.69) is 10.3 Å². The first-order valence-electron chi connectivity index (χ1n) is 9.27. The third-order valence-corrected chi connectivity index (χ3v) is 5.76. The fraction of sp³-hybridized carbons (Fsp3) is 0.182. The van der Waals surface area contributed by atoms with E-state index in [1.54, 1.807) is 18.2 Å². The maximum Gasteiger partial charge on any atom is 0.255 e. The van der Waals surface area contributed by atoms with Gasteiger partial charge in [-0.25, -0.2) is 17.8 Å². The lowest BCUT2D eigenvalue weighted by molar-refractivity contribution is 0.102. The maximum absolute atomic E-state index is 14.3. The van der Waals surface area contributed by atoms with Crippen molar-refractivity contribution in [3.05, 3.63) is 78.2 Å². The van der Waals surface area contributed by atoms with Gasteiger partial charge in [0.05, 0.1) is 17.2 Å². The smallest absolute Gasteiger partial charge is 0.255 e. The van der Waals surface area contributed by atoms with E-state index in [9.17, 15) is 17.6 Å². The van der Waals surface area contributed by atoms with E-state index >= 15 is 0 Å². The normalized spacial score (nSPS) is 11.3. The monoisotopic (exact) mass is 428 g/mol. The number of hydrogen-bond acceptors (Lipinski definition) is 5. The average Bonchev–Trinajstić information content (AvgIpc) is 2.74. The Balaban J connectivity index is 1.79. The molecule has 8 heteroatoms. The number of anilines is 1. The standard InChI is InChI=1S/C22H21FN2O4S/c1-15(2)14-29-17-9-10-20(19(23)13-17)25-22(26)16-6-5-7-18(12-16)30(27,28)21-8-3-4-11-24-21/h3-13,15H,14H2,1-2H3,(H,25,26). The van der Waals surface area contributed by atoms with E-state index in [1.165, 1.54) is 48.7 Å². The highest BCUT2D eigenvalue weighted by molar-refractivity contribution is 7.91. The van der Waals surface area contributed by atoms with E-state index in [0.717, 1.165) is 0 Å². The largest absolute Gasteiger partial charge is 0.493 e. The molecule has 0 radical (unpaired) electrons. The minimum Gasteiger partial charge on any atom is -0.493 e. The molecular formula is C22H21FN2O4S. The van der Waals surface area contributed by atoms with Crippen molar-refractivity contribution < 1.29 is 22.3 Å². The number of ether oxygens (including phenoxy) is 1. The Morgan fingerprint density at radius 2 is 1.90 bits per heavy atom. The fourth-order valence-corrected chi connectivity index (χ4v) is 3.81. The van der Waals surface area contributed by atoms with Gasteiger partial charge >= 0.3 is 0 Å². The molecule has 0 aliphatic carbocycles. The number of sulfone groups is 1. The molecule has 156 valence electrons. The zero-order valence-electron chi connectivity index (χ0n) is 16.5. The second kappa shape index (κ2) is 9.04. The van der Waals surface area contributed by atoms with Crippen LogP contribution in [0.1, 0.15) is 24.2 Å². The van der Waals surface area contributed by atoms with Crippen molar-refractivity contribution in [2.75, 3.05) is 11.9 Å². The summed E-state index contributed by atoms with van der Waals surface area (Å²) in [6, 6.07) is 14.2. The summed E-state index contributed by atoms with van der Waals surface area (Å²) >= 11 is 0. The van der Waals surface area contributed by atoms with Gasteiger partial charge in [-0.15, -0.1) is 0 Å². The second-order valence-electron chi connectivity index (χ2n) is 7.00. The molecule has 30 heavy (non-hydrogen) atoms. The lowest BCUT2D eigenvalue weighted by atomic mass is 10.2. The Morgan fingerprint density at radius 1 is 1.10 bits per heavy atom. The van der Waals surface area contributed by atoms with E-state index in [0.29, 0.717) is 18.3 Å². The zero-order chi connectivity index (χ0) is 21.7. The molecule has 0 spiro atoms. The topological polar surface area (TPSA) is 85.4 Å². The van der Waals surface area contributed by atoms with Crippen LogP contribution in [0.25, 0.3) is 0 Å². The summed E-state index contributed by atoms with van der Waals surface area (Å²) < 4.78 is 45.2. The molecule has 3 rings (SSSR count). The fourth-order valence-electron chi connectivity index (χ4n) is 2.58. The summed E-state index contributed by atoms with van der Waals surface area (Å²) in [5.74, 6) is -0.630. The summed E-state index contributed by atoms with van der Waals surface area (Å²) in [5.41, 5.74) is 0.0430. The number of aromatic nitrogens is 1. The molecule has 0 saturated heterocycles. The van der Waals surface area contributed by atoms with E-state index < -0.39 is 21.6 Å². The predicted molar refractivity (Wildman–Crippen MR) is 111 cm³/mol. The van der Waals surface area contributed by atoms with E-state index in [-0.39, 0.29) is 21.2 Å². The van der Waals surface area contributed by atoms with Crippen molar-refractivity contribution in [3.63, 3.8) is 0 Å². The zero-order valence-corrected chi connectivity index (χ0v) is 17.3. The lowest BCUT2D eigenvalue weighted by Crippen LogP contribution is -2.14. The number of pyridine rings is 1. The van der Waals surface area contributed by atoms with Crippen LogP contribution in [-0.2, 0) is 9.84 Å². The third-order valence-electron chi connectivity index (χ3n) is 4.09. The Kier molecular flexibility index (Phi) is 6.47. The molecule has 1 amide bonds. The van der Waals surface area contributed by atoms with Crippen molar-refractivity contribution in [3.8, 4) is 5.75 Å². The Hall–Kier alpha value is -3.26. The molecule has 0 aliphatic heterocycles. The molecule has 0 bridgehead atoms. The predicted octanol–water partition coefficient (Wildman–Crippen LogP) is 4.34. The minimum absolute atomic E-state index is 0.0325. The number of nitrogens with one attached hydrogen (secondary N) is 1. The van der Waals surface area contributed by atoms with Crippen LogP contribution in [0.3, 0.4) is 0 Å². The van der Waals surface area contributed by atoms with Gasteiger partial charge in [-0.05, 0) is 48.4 Å². The lowest BCUT2D eigenvalue weighted by Gasteiger charge is -2.11. The van der Waals surface area contributed by atoms with Gasteiger partial charge in [0.15, 0.2) is 5.03 Å². The highest BCUT2D eigenvalue weighted by Crippen LogP contribution is 2.23. The SMILES string of the molecule is CC(C)COc1ccc(NC(=O)c2cccc(S(=O)(=O)c3ccccn3)c2)c(F)c1. The number of carbonyl (C=O) groups excluding carboxylic acids is 1. The van der Waals surface area contributed by atoms with Crippen LogP contribution in [0.4, 0.5) is 10.1 Å². The van der Waals surface area contributed by atoms with Crippen LogP contribution in [0.5, 0.6) is 5.75 Å². The van der Waals surface area contributed by atoms with Gasteiger partial charge < -0.3 is 10.1 Å². The molecule has 1 aromatic heterocycles. The number of carbonyl (C=O) groups is 1. The summed E-state index contributed by atoms with van der Waals surface area (Å²) in [6.45, 7) is 4.41. The average molecular weight is 428 g/mol. The quantitative estimate of drug-likeness (QED) is 0.605. The van der Waals surface area contributed by atoms with E-state index in [1.807, 2.05) is 13.8 Å². The number of benzene rings is 2.